The molecule has 1 aromatic rings. The zero-order chi connectivity index (χ0) is 18.5. The standard InChI is InChI=1S/C20H22BrClN2O2/c21-16-4-1-3-15(8-9-16)20(26)24-12-2-5-18(24)19(25)23-13-14-6-10-17(22)11-7-14/h1,3-4,6-7,10-11,15,18H,2,5,8-9,12-13H2,(H,23,25). The van der Waals surface area contributed by atoms with Gasteiger partial charge in [0.1, 0.15) is 6.04 Å². The van der Waals surface area contributed by atoms with E-state index >= 15 is 0 Å². The summed E-state index contributed by atoms with van der Waals surface area (Å²) in [5, 5.41) is 3.63. The number of carbonyl (C=O) groups excluding carboxylic acids is 2. The smallest absolute Gasteiger partial charge is 0.243 e. The second kappa shape index (κ2) is 8.87. The molecule has 1 N–H and O–H groups in total. The average molecular weight is 438 g/mol. The molecule has 2 amide bonds. The molecule has 1 heterocycles. The van der Waals surface area contributed by atoms with Crippen molar-refractivity contribution in [3.05, 3.63) is 57.6 Å². The number of allylic oxidation sites excluding steroid dienone is 3. The number of hydrogen-bond donors (Lipinski definition) is 1. The van der Waals surface area contributed by atoms with Crippen LogP contribution in [0.4, 0.5) is 0 Å². The number of nitrogens with one attached hydrogen (secondary N) is 1. The first-order chi connectivity index (χ1) is 12.5. The van der Waals surface area contributed by atoms with Gasteiger partial charge in [-0.15, -0.1) is 0 Å². The highest BCUT2D eigenvalue weighted by Gasteiger charge is 2.36. The van der Waals surface area contributed by atoms with Gasteiger partial charge in [0.2, 0.25) is 11.8 Å². The molecule has 1 fully saturated rings. The third-order valence-electron chi connectivity index (χ3n) is 4.85. The van der Waals surface area contributed by atoms with Crippen LogP contribution in [-0.2, 0) is 16.1 Å². The van der Waals surface area contributed by atoms with Crippen molar-refractivity contribution in [1.82, 2.24) is 10.2 Å². The lowest BCUT2D eigenvalue weighted by molar-refractivity contribution is -0.140. The molecule has 0 radical (unpaired) electrons. The number of nitrogens with zero attached hydrogens (tertiary/aromatic N) is 1. The molecule has 6 heteroatoms. The molecule has 0 saturated carbocycles. The van der Waals surface area contributed by atoms with E-state index in [1.807, 2.05) is 30.4 Å². The third-order valence-corrected chi connectivity index (χ3v) is 5.76. The minimum absolute atomic E-state index is 0.0565. The molecule has 1 aliphatic carbocycles. The summed E-state index contributed by atoms with van der Waals surface area (Å²) in [6.07, 6.45) is 9.03. The van der Waals surface area contributed by atoms with Gasteiger partial charge in [0.25, 0.3) is 0 Å². The molecule has 1 aromatic carbocycles. The fourth-order valence-corrected chi connectivity index (χ4v) is 3.91. The summed E-state index contributed by atoms with van der Waals surface area (Å²) in [6, 6.07) is 7.02. The van der Waals surface area contributed by atoms with E-state index in [0.29, 0.717) is 18.1 Å². The number of likely N-dealkylation sites (tertiary alicyclic amines) is 1. The van der Waals surface area contributed by atoms with Gasteiger partial charge in [-0.1, -0.05) is 57.9 Å². The van der Waals surface area contributed by atoms with Gasteiger partial charge in [-0.2, -0.15) is 0 Å². The van der Waals surface area contributed by atoms with Gasteiger partial charge in [0, 0.05) is 18.1 Å². The molecule has 3 rings (SSSR count). The maximum Gasteiger partial charge on any atom is 0.243 e. The van der Waals surface area contributed by atoms with E-state index < -0.39 is 0 Å². The highest BCUT2D eigenvalue weighted by Crippen LogP contribution is 2.27. The first kappa shape index (κ1) is 19.2. The second-order valence-corrected chi connectivity index (χ2v) is 8.13. The summed E-state index contributed by atoms with van der Waals surface area (Å²) < 4.78 is 1.10. The summed E-state index contributed by atoms with van der Waals surface area (Å²) in [7, 11) is 0. The van der Waals surface area contributed by atoms with Crippen molar-refractivity contribution < 1.29 is 9.59 Å². The number of carbonyl (C=O) groups is 2. The van der Waals surface area contributed by atoms with E-state index in [4.69, 9.17) is 11.6 Å². The van der Waals surface area contributed by atoms with E-state index in [0.717, 1.165) is 35.7 Å². The van der Waals surface area contributed by atoms with Gasteiger partial charge in [-0.05, 0) is 47.9 Å². The first-order valence-corrected chi connectivity index (χ1v) is 10.1. The molecule has 1 aliphatic heterocycles. The molecule has 2 aliphatic rings. The predicted molar refractivity (Wildman–Crippen MR) is 107 cm³/mol. The Hall–Kier alpha value is -1.59. The fraction of sp³-hybridized carbons (Fsp3) is 0.400. The number of amides is 2. The van der Waals surface area contributed by atoms with Crippen molar-refractivity contribution in [2.45, 2.75) is 38.3 Å². The summed E-state index contributed by atoms with van der Waals surface area (Å²) in [5.41, 5.74) is 0.987. The van der Waals surface area contributed by atoms with Crippen LogP contribution >= 0.6 is 27.5 Å². The lowest BCUT2D eigenvalue weighted by Crippen LogP contribution is -2.47. The fourth-order valence-electron chi connectivity index (χ4n) is 3.40. The van der Waals surface area contributed by atoms with Crippen LogP contribution in [0.15, 0.2) is 47.0 Å². The lowest BCUT2D eigenvalue weighted by Gasteiger charge is -2.27. The zero-order valence-corrected chi connectivity index (χ0v) is 16.8. The van der Waals surface area contributed by atoms with E-state index in [2.05, 4.69) is 21.2 Å². The maximum absolute atomic E-state index is 12.9. The Morgan fingerprint density at radius 1 is 1.23 bits per heavy atom. The Morgan fingerprint density at radius 2 is 2.00 bits per heavy atom. The molecule has 26 heavy (non-hydrogen) atoms. The molecule has 0 aromatic heterocycles. The van der Waals surface area contributed by atoms with Crippen LogP contribution in [0.5, 0.6) is 0 Å². The van der Waals surface area contributed by atoms with Crippen LogP contribution in [0.25, 0.3) is 0 Å². The summed E-state index contributed by atoms with van der Waals surface area (Å²) >= 11 is 9.38. The van der Waals surface area contributed by atoms with E-state index in [1.54, 1.807) is 17.0 Å². The van der Waals surface area contributed by atoms with Gasteiger partial charge in [0.05, 0.1) is 5.92 Å². The van der Waals surface area contributed by atoms with Gasteiger partial charge in [0.15, 0.2) is 0 Å². The second-order valence-electron chi connectivity index (χ2n) is 6.68. The normalized spacial score (nSPS) is 22.7. The Balaban J connectivity index is 1.59. The molecule has 4 nitrogen and oxygen atoms in total. The van der Waals surface area contributed by atoms with Crippen LogP contribution in [0.3, 0.4) is 0 Å². The van der Waals surface area contributed by atoms with Gasteiger partial charge in [-0.3, -0.25) is 9.59 Å². The van der Waals surface area contributed by atoms with Crippen molar-refractivity contribution in [1.29, 1.82) is 0 Å². The monoisotopic (exact) mass is 436 g/mol. The van der Waals surface area contributed by atoms with Crippen LogP contribution in [0, 0.1) is 5.92 Å². The average Bonchev–Trinajstić information content (AvgIpc) is 3.03. The van der Waals surface area contributed by atoms with E-state index in [1.165, 1.54) is 0 Å². The van der Waals surface area contributed by atoms with Crippen molar-refractivity contribution >= 4 is 39.3 Å². The SMILES string of the molecule is O=C(NCc1ccc(Cl)cc1)C1CCCN1C(=O)C1C=CC=C(Br)CC1. The van der Waals surface area contributed by atoms with Crippen LogP contribution in [0.2, 0.25) is 5.02 Å². The van der Waals surface area contributed by atoms with E-state index in [9.17, 15) is 9.59 Å². The molecule has 1 saturated heterocycles. The Kier molecular flexibility index (Phi) is 6.54. The van der Waals surface area contributed by atoms with Gasteiger partial charge >= 0.3 is 0 Å². The van der Waals surface area contributed by atoms with Crippen molar-refractivity contribution in [3.8, 4) is 0 Å². The third kappa shape index (κ3) is 4.77. The molecule has 2 unspecified atom stereocenters. The molecular formula is C20H22BrClN2O2. The Labute approximate surface area is 167 Å². The Bertz CT molecular complexity index is 730. The van der Waals surface area contributed by atoms with Crippen molar-refractivity contribution in [3.63, 3.8) is 0 Å². The van der Waals surface area contributed by atoms with Crippen molar-refractivity contribution in [2.24, 2.45) is 5.92 Å². The molecule has 0 spiro atoms. The lowest BCUT2D eigenvalue weighted by atomic mass is 10.0. The van der Waals surface area contributed by atoms with Crippen molar-refractivity contribution in [2.75, 3.05) is 6.54 Å². The van der Waals surface area contributed by atoms with E-state index in [-0.39, 0.29) is 23.8 Å². The topological polar surface area (TPSA) is 49.4 Å². The zero-order valence-electron chi connectivity index (χ0n) is 14.5. The minimum atomic E-state index is -0.372. The van der Waals surface area contributed by atoms with Gasteiger partial charge < -0.3 is 10.2 Å². The number of rotatable bonds is 4. The number of hydrogen-bond acceptors (Lipinski definition) is 2. The predicted octanol–water partition coefficient (Wildman–Crippen LogP) is 4.19. The molecule has 0 bridgehead atoms. The largest absolute Gasteiger partial charge is 0.350 e. The first-order valence-electron chi connectivity index (χ1n) is 8.90. The summed E-state index contributed by atoms with van der Waals surface area (Å²) in [5.74, 6) is -0.185. The minimum Gasteiger partial charge on any atom is -0.350 e. The molecule has 2 atom stereocenters. The Morgan fingerprint density at radius 3 is 2.77 bits per heavy atom. The molecule has 138 valence electrons. The van der Waals surface area contributed by atoms with Gasteiger partial charge in [-0.25, -0.2) is 0 Å². The highest BCUT2D eigenvalue weighted by molar-refractivity contribution is 9.11. The summed E-state index contributed by atoms with van der Waals surface area (Å²) in [6.45, 7) is 1.09. The number of halogens is 2. The van der Waals surface area contributed by atoms with Crippen LogP contribution in [0.1, 0.15) is 31.2 Å². The molecular weight excluding hydrogens is 416 g/mol. The van der Waals surface area contributed by atoms with Crippen LogP contribution < -0.4 is 5.32 Å². The summed E-state index contributed by atoms with van der Waals surface area (Å²) in [4.78, 5) is 27.3. The highest BCUT2D eigenvalue weighted by atomic mass is 79.9. The number of benzene rings is 1. The maximum atomic E-state index is 12.9. The quantitative estimate of drug-likeness (QED) is 0.768. The van der Waals surface area contributed by atoms with Crippen LogP contribution in [-0.4, -0.2) is 29.3 Å².